The molecule has 0 aliphatic heterocycles. The number of amides is 1. The maximum absolute atomic E-state index is 12.0. The van der Waals surface area contributed by atoms with Crippen LogP contribution in [0.3, 0.4) is 0 Å². The van der Waals surface area contributed by atoms with Gasteiger partial charge in [0.15, 0.2) is 0 Å². The molecule has 1 heterocycles. The third kappa shape index (κ3) is 4.11. The number of carboxylic acid groups (broad SMARTS) is 1. The zero-order valence-electron chi connectivity index (χ0n) is 11.3. The average Bonchev–Trinajstić information content (AvgIpc) is 2.90. The van der Waals surface area contributed by atoms with Gasteiger partial charge in [-0.3, -0.25) is 9.59 Å². The van der Waals surface area contributed by atoms with Crippen molar-refractivity contribution in [2.75, 3.05) is 7.11 Å². The molecule has 0 spiro atoms. The summed E-state index contributed by atoms with van der Waals surface area (Å²) in [6.45, 7) is 1.82. The van der Waals surface area contributed by atoms with Crippen LogP contribution in [0.2, 0.25) is 0 Å². The third-order valence-electron chi connectivity index (χ3n) is 2.78. The monoisotopic (exact) mass is 283 g/mol. The molecule has 1 rings (SSSR count). The van der Waals surface area contributed by atoms with Gasteiger partial charge in [0.1, 0.15) is 11.8 Å². The summed E-state index contributed by atoms with van der Waals surface area (Å²) in [6.07, 6.45) is 1.78. The predicted molar refractivity (Wildman–Crippen MR) is 68.2 cm³/mol. The summed E-state index contributed by atoms with van der Waals surface area (Å²) in [4.78, 5) is 34.0. The van der Waals surface area contributed by atoms with Gasteiger partial charge in [-0.05, 0) is 12.5 Å². The maximum Gasteiger partial charge on any atom is 0.326 e. The molecular weight excluding hydrogens is 266 g/mol. The minimum Gasteiger partial charge on any atom is -0.480 e. The highest BCUT2D eigenvalue weighted by atomic mass is 16.5. The number of carbonyl (C=O) groups excluding carboxylic acids is 2. The molecule has 0 saturated carbocycles. The van der Waals surface area contributed by atoms with Gasteiger partial charge in [-0.1, -0.05) is 6.92 Å². The third-order valence-corrected chi connectivity index (χ3v) is 2.78. The van der Waals surface area contributed by atoms with Crippen LogP contribution >= 0.6 is 0 Å². The van der Waals surface area contributed by atoms with E-state index >= 15 is 0 Å². The van der Waals surface area contributed by atoms with Gasteiger partial charge in [-0.15, -0.1) is 0 Å². The molecule has 1 atom stereocenters. The Kier molecular flexibility index (Phi) is 5.76. The highest BCUT2D eigenvalue weighted by molar-refractivity contribution is 5.97. The first kappa shape index (κ1) is 15.7. The van der Waals surface area contributed by atoms with Crippen LogP contribution < -0.4 is 5.32 Å². The van der Waals surface area contributed by atoms with Crippen LogP contribution in [0.1, 0.15) is 35.9 Å². The van der Waals surface area contributed by atoms with E-state index in [0.717, 1.165) is 0 Å². The van der Waals surface area contributed by atoms with Gasteiger partial charge in [-0.25, -0.2) is 4.79 Å². The molecule has 0 unspecified atom stereocenters. The molecule has 1 amide bonds. The van der Waals surface area contributed by atoms with E-state index in [1.165, 1.54) is 19.4 Å². The minimum atomic E-state index is -1.20. The average molecular weight is 283 g/mol. The lowest BCUT2D eigenvalue weighted by Gasteiger charge is -2.13. The zero-order chi connectivity index (χ0) is 15.1. The van der Waals surface area contributed by atoms with Gasteiger partial charge in [0.2, 0.25) is 0 Å². The first-order valence-electron chi connectivity index (χ1n) is 6.16. The summed E-state index contributed by atoms with van der Waals surface area (Å²) >= 11 is 0. The molecule has 0 aromatic carbocycles. The molecule has 0 aliphatic carbocycles. The van der Waals surface area contributed by atoms with E-state index in [1.54, 1.807) is 0 Å². The van der Waals surface area contributed by atoms with Gasteiger partial charge >= 0.3 is 11.9 Å². The van der Waals surface area contributed by atoms with Crippen molar-refractivity contribution in [3.63, 3.8) is 0 Å². The van der Waals surface area contributed by atoms with E-state index < -0.39 is 23.9 Å². The van der Waals surface area contributed by atoms with Gasteiger partial charge < -0.3 is 19.6 Å². The highest BCUT2D eigenvalue weighted by Gasteiger charge is 2.23. The molecule has 1 aromatic heterocycles. The number of aryl methyl sites for hydroxylation is 1. The van der Waals surface area contributed by atoms with Crippen molar-refractivity contribution in [2.24, 2.45) is 0 Å². The van der Waals surface area contributed by atoms with Crippen LogP contribution in [0, 0.1) is 0 Å². The quantitative estimate of drug-likeness (QED) is 0.722. The molecule has 0 saturated heterocycles. The highest BCUT2D eigenvalue weighted by Crippen LogP contribution is 2.12. The SMILES string of the molecule is CCc1occc1C(=O)N[C@@H](CCC(=O)OC)C(=O)O. The van der Waals surface area contributed by atoms with Crippen molar-refractivity contribution in [3.8, 4) is 0 Å². The fourth-order valence-corrected chi connectivity index (χ4v) is 1.67. The van der Waals surface area contributed by atoms with Crippen molar-refractivity contribution in [2.45, 2.75) is 32.2 Å². The number of carbonyl (C=O) groups is 3. The lowest BCUT2D eigenvalue weighted by atomic mass is 10.1. The number of ether oxygens (including phenoxy) is 1. The molecule has 7 nitrogen and oxygen atoms in total. The van der Waals surface area contributed by atoms with Crippen molar-refractivity contribution >= 4 is 17.8 Å². The molecule has 20 heavy (non-hydrogen) atoms. The Labute approximate surface area is 115 Å². The van der Waals surface area contributed by atoms with E-state index in [2.05, 4.69) is 10.1 Å². The second kappa shape index (κ2) is 7.32. The lowest BCUT2D eigenvalue weighted by molar-refractivity contribution is -0.142. The van der Waals surface area contributed by atoms with Crippen molar-refractivity contribution in [3.05, 3.63) is 23.7 Å². The lowest BCUT2D eigenvalue weighted by Crippen LogP contribution is -2.41. The predicted octanol–water partition coefficient (Wildman–Crippen LogP) is 0.978. The Hall–Kier alpha value is -2.31. The fraction of sp³-hybridized carbons (Fsp3) is 0.462. The van der Waals surface area contributed by atoms with E-state index in [4.69, 9.17) is 9.52 Å². The fourth-order valence-electron chi connectivity index (χ4n) is 1.67. The molecule has 0 aliphatic rings. The summed E-state index contributed by atoms with van der Waals surface area (Å²) in [5.74, 6) is -1.78. The van der Waals surface area contributed by atoms with Crippen LogP contribution in [0.5, 0.6) is 0 Å². The molecule has 0 bridgehead atoms. The van der Waals surface area contributed by atoms with Crippen LogP contribution in [0.15, 0.2) is 16.7 Å². The number of hydrogen-bond donors (Lipinski definition) is 2. The summed E-state index contributed by atoms with van der Waals surface area (Å²) in [5, 5.41) is 11.4. The largest absolute Gasteiger partial charge is 0.480 e. The van der Waals surface area contributed by atoms with E-state index in [9.17, 15) is 14.4 Å². The van der Waals surface area contributed by atoms with Crippen LogP contribution in [0.4, 0.5) is 0 Å². The minimum absolute atomic E-state index is 0.0347. The Bertz CT molecular complexity index is 493. The van der Waals surface area contributed by atoms with Gasteiger partial charge in [0.25, 0.3) is 5.91 Å². The van der Waals surface area contributed by atoms with E-state index in [-0.39, 0.29) is 12.8 Å². The topological polar surface area (TPSA) is 106 Å². The number of rotatable bonds is 7. The second-order valence-electron chi connectivity index (χ2n) is 4.09. The first-order chi connectivity index (χ1) is 9.49. The van der Waals surface area contributed by atoms with Crippen molar-refractivity contribution in [1.82, 2.24) is 5.32 Å². The van der Waals surface area contributed by atoms with Crippen LogP contribution in [-0.4, -0.2) is 36.1 Å². The molecule has 0 fully saturated rings. The second-order valence-corrected chi connectivity index (χ2v) is 4.09. The number of carboxylic acids is 1. The number of methoxy groups -OCH3 is 1. The van der Waals surface area contributed by atoms with E-state index in [1.807, 2.05) is 6.92 Å². The Morgan fingerprint density at radius 3 is 2.70 bits per heavy atom. The van der Waals surface area contributed by atoms with E-state index in [0.29, 0.717) is 17.7 Å². The van der Waals surface area contributed by atoms with Crippen LogP contribution in [-0.2, 0) is 20.7 Å². The van der Waals surface area contributed by atoms with Crippen LogP contribution in [0.25, 0.3) is 0 Å². The molecule has 2 N–H and O–H groups in total. The molecule has 7 heteroatoms. The Morgan fingerprint density at radius 1 is 1.45 bits per heavy atom. The van der Waals surface area contributed by atoms with Gasteiger partial charge in [0.05, 0.1) is 18.9 Å². The molecular formula is C13H17NO6. The maximum atomic E-state index is 12.0. The van der Waals surface area contributed by atoms with Crippen molar-refractivity contribution in [1.29, 1.82) is 0 Å². The molecule has 0 radical (unpaired) electrons. The number of hydrogen-bond acceptors (Lipinski definition) is 5. The Balaban J connectivity index is 2.68. The summed E-state index contributed by atoms with van der Waals surface area (Å²) in [7, 11) is 1.22. The summed E-state index contributed by atoms with van der Waals surface area (Å²) < 4.78 is 9.54. The van der Waals surface area contributed by atoms with Crippen molar-refractivity contribution < 1.29 is 28.6 Å². The Morgan fingerprint density at radius 2 is 2.15 bits per heavy atom. The normalized spacial score (nSPS) is 11.7. The summed E-state index contributed by atoms with van der Waals surface area (Å²) in [6, 6.07) is 0.328. The van der Waals surface area contributed by atoms with Gasteiger partial charge in [0, 0.05) is 12.8 Å². The number of esters is 1. The molecule has 110 valence electrons. The molecule has 1 aromatic rings. The standard InChI is InChI=1S/C13H17NO6/c1-3-10-8(6-7-20-10)12(16)14-9(13(17)18)4-5-11(15)19-2/h6-7,9H,3-5H2,1-2H3,(H,14,16)(H,17,18)/t9-/m0/s1. The first-order valence-corrected chi connectivity index (χ1v) is 6.16. The van der Waals surface area contributed by atoms with Gasteiger partial charge in [-0.2, -0.15) is 0 Å². The zero-order valence-corrected chi connectivity index (χ0v) is 11.3. The number of furan rings is 1. The number of nitrogens with one attached hydrogen (secondary N) is 1. The smallest absolute Gasteiger partial charge is 0.326 e. The summed E-state index contributed by atoms with van der Waals surface area (Å²) in [5.41, 5.74) is 0.303. The number of aliphatic carboxylic acids is 1.